The topological polar surface area (TPSA) is 50.7 Å². The summed E-state index contributed by atoms with van der Waals surface area (Å²) in [7, 11) is 0. The number of rotatable bonds is 3. The molecular weight excluding hydrogens is 244 g/mol. The van der Waals surface area contributed by atoms with Crippen molar-refractivity contribution >= 4 is 11.3 Å². The van der Waals surface area contributed by atoms with Gasteiger partial charge >= 0.3 is 0 Å². The first-order valence-corrected chi connectivity index (χ1v) is 7.30. The van der Waals surface area contributed by atoms with Gasteiger partial charge in [-0.2, -0.15) is 0 Å². The smallest absolute Gasteiger partial charge is 0.179 e. The fraction of sp³-hybridized carbons (Fsp3) is 0.462. The van der Waals surface area contributed by atoms with Gasteiger partial charge < -0.3 is 5.32 Å². The van der Waals surface area contributed by atoms with E-state index in [4.69, 9.17) is 0 Å². The number of thiazole rings is 1. The van der Waals surface area contributed by atoms with E-state index >= 15 is 0 Å². The van der Waals surface area contributed by atoms with Gasteiger partial charge in [-0.3, -0.25) is 0 Å². The molecule has 0 amide bonds. The molecule has 0 aromatic carbocycles. The van der Waals surface area contributed by atoms with Crippen LogP contribution in [0.2, 0.25) is 0 Å². The zero-order valence-electron chi connectivity index (χ0n) is 10.4. The van der Waals surface area contributed by atoms with Crippen LogP contribution in [0.5, 0.6) is 0 Å². The summed E-state index contributed by atoms with van der Waals surface area (Å²) in [6.07, 6.45) is 5.40. The van der Waals surface area contributed by atoms with Crippen LogP contribution in [-0.4, -0.2) is 21.5 Å². The maximum Gasteiger partial charge on any atom is 0.179 e. The minimum absolute atomic E-state index is 0.420. The van der Waals surface area contributed by atoms with Crippen molar-refractivity contribution < 1.29 is 0 Å². The lowest BCUT2D eigenvalue weighted by molar-refractivity contribution is 0.464. The Balaban J connectivity index is 1.95. The van der Waals surface area contributed by atoms with Gasteiger partial charge in [-0.25, -0.2) is 15.0 Å². The zero-order chi connectivity index (χ0) is 12.4. The Morgan fingerprint density at radius 3 is 3.17 bits per heavy atom. The average molecular weight is 260 g/mol. The Labute approximate surface area is 111 Å². The summed E-state index contributed by atoms with van der Waals surface area (Å²) in [5.74, 6) is 0.757. The van der Waals surface area contributed by atoms with Crippen LogP contribution in [0.1, 0.15) is 37.1 Å². The summed E-state index contributed by atoms with van der Waals surface area (Å²) in [6, 6.07) is 0.420. The van der Waals surface area contributed by atoms with E-state index in [2.05, 4.69) is 27.2 Å². The second kappa shape index (κ2) is 5.12. The number of nitrogens with zero attached hydrogens (tertiary/aromatic N) is 3. The molecule has 2 heterocycles. The maximum absolute atomic E-state index is 4.68. The van der Waals surface area contributed by atoms with Crippen LogP contribution in [0.15, 0.2) is 17.1 Å². The third-order valence-corrected chi connectivity index (χ3v) is 3.88. The highest BCUT2D eigenvalue weighted by Gasteiger charge is 2.21. The van der Waals surface area contributed by atoms with E-state index in [1.165, 1.54) is 24.1 Å². The molecule has 0 bridgehead atoms. The number of aromatic nitrogens is 3. The summed E-state index contributed by atoms with van der Waals surface area (Å²) < 4.78 is 0. The SMILES string of the molecule is CCNC1CCCc2nc(-c3cscn3)ncc21. The lowest BCUT2D eigenvalue weighted by Crippen LogP contribution is -2.25. The number of hydrogen-bond donors (Lipinski definition) is 1. The first kappa shape index (κ1) is 11.7. The first-order chi connectivity index (χ1) is 8.88. The standard InChI is InChI=1S/C13H16N4S/c1-2-14-10-4-3-5-11-9(10)6-15-13(17-11)12-7-18-8-16-12/h6-8,10,14H,2-5H2,1H3. The Bertz CT molecular complexity index is 524. The minimum atomic E-state index is 0.420. The maximum atomic E-state index is 4.68. The summed E-state index contributed by atoms with van der Waals surface area (Å²) >= 11 is 1.58. The Hall–Kier alpha value is -1.33. The van der Waals surface area contributed by atoms with Crippen molar-refractivity contribution in [1.29, 1.82) is 0 Å². The molecular formula is C13H16N4S. The molecule has 4 nitrogen and oxygen atoms in total. The van der Waals surface area contributed by atoms with Crippen molar-refractivity contribution in [3.63, 3.8) is 0 Å². The summed E-state index contributed by atoms with van der Waals surface area (Å²) in [5.41, 5.74) is 5.15. The van der Waals surface area contributed by atoms with Gasteiger partial charge in [-0.05, 0) is 25.8 Å². The molecule has 5 heteroatoms. The van der Waals surface area contributed by atoms with E-state index in [1.54, 1.807) is 11.3 Å². The van der Waals surface area contributed by atoms with Crippen molar-refractivity contribution in [1.82, 2.24) is 20.3 Å². The van der Waals surface area contributed by atoms with Crippen molar-refractivity contribution in [2.45, 2.75) is 32.2 Å². The largest absolute Gasteiger partial charge is 0.310 e. The molecule has 0 aliphatic heterocycles. The van der Waals surface area contributed by atoms with Crippen LogP contribution >= 0.6 is 11.3 Å². The highest BCUT2D eigenvalue weighted by molar-refractivity contribution is 7.07. The fourth-order valence-electron chi connectivity index (χ4n) is 2.45. The number of hydrogen-bond acceptors (Lipinski definition) is 5. The average Bonchev–Trinajstić information content (AvgIpc) is 2.93. The van der Waals surface area contributed by atoms with Gasteiger partial charge in [0, 0.05) is 28.9 Å². The van der Waals surface area contributed by atoms with E-state index in [0.717, 1.165) is 24.5 Å². The molecule has 2 aromatic rings. The molecule has 0 radical (unpaired) electrons. The Morgan fingerprint density at radius 2 is 2.39 bits per heavy atom. The third-order valence-electron chi connectivity index (χ3n) is 3.29. The molecule has 1 unspecified atom stereocenters. The second-order valence-corrected chi connectivity index (χ2v) is 5.19. The highest BCUT2D eigenvalue weighted by Crippen LogP contribution is 2.29. The van der Waals surface area contributed by atoms with Crippen LogP contribution in [0, 0.1) is 0 Å². The molecule has 0 saturated heterocycles. The first-order valence-electron chi connectivity index (χ1n) is 6.36. The number of nitrogens with one attached hydrogen (secondary N) is 1. The van der Waals surface area contributed by atoms with Crippen molar-refractivity contribution in [3.8, 4) is 11.5 Å². The van der Waals surface area contributed by atoms with Gasteiger partial charge in [-0.1, -0.05) is 6.92 Å². The minimum Gasteiger partial charge on any atom is -0.310 e. The molecule has 1 aliphatic carbocycles. The predicted molar refractivity (Wildman–Crippen MR) is 72.5 cm³/mol. The fourth-order valence-corrected chi connectivity index (χ4v) is 2.98. The molecule has 0 spiro atoms. The molecule has 3 rings (SSSR count). The molecule has 1 aliphatic rings. The van der Waals surface area contributed by atoms with Crippen LogP contribution < -0.4 is 5.32 Å². The van der Waals surface area contributed by atoms with Crippen LogP contribution in [0.25, 0.3) is 11.5 Å². The number of fused-ring (bicyclic) bond motifs is 1. The van der Waals surface area contributed by atoms with E-state index in [9.17, 15) is 0 Å². The molecule has 0 fully saturated rings. The molecule has 18 heavy (non-hydrogen) atoms. The van der Waals surface area contributed by atoms with Crippen molar-refractivity contribution in [2.24, 2.45) is 0 Å². The summed E-state index contributed by atoms with van der Waals surface area (Å²) in [6.45, 7) is 3.12. The summed E-state index contributed by atoms with van der Waals surface area (Å²) in [4.78, 5) is 13.4. The summed E-state index contributed by atoms with van der Waals surface area (Å²) in [5, 5.41) is 5.49. The van der Waals surface area contributed by atoms with Gasteiger partial charge in [0.05, 0.1) is 5.51 Å². The van der Waals surface area contributed by atoms with E-state index in [0.29, 0.717) is 6.04 Å². The second-order valence-electron chi connectivity index (χ2n) is 4.47. The highest BCUT2D eigenvalue weighted by atomic mass is 32.1. The number of aryl methyl sites for hydroxylation is 1. The molecule has 1 N–H and O–H groups in total. The van der Waals surface area contributed by atoms with E-state index < -0.39 is 0 Å². The van der Waals surface area contributed by atoms with Gasteiger partial charge in [-0.15, -0.1) is 11.3 Å². The zero-order valence-corrected chi connectivity index (χ0v) is 11.2. The van der Waals surface area contributed by atoms with Gasteiger partial charge in [0.2, 0.25) is 0 Å². The predicted octanol–water partition coefficient (Wildman–Crippen LogP) is 2.59. The molecule has 1 atom stereocenters. The van der Waals surface area contributed by atoms with Crippen LogP contribution in [0.4, 0.5) is 0 Å². The molecule has 2 aromatic heterocycles. The van der Waals surface area contributed by atoms with Crippen molar-refractivity contribution in [3.05, 3.63) is 28.3 Å². The van der Waals surface area contributed by atoms with E-state index in [-0.39, 0.29) is 0 Å². The van der Waals surface area contributed by atoms with Gasteiger partial charge in [0.1, 0.15) is 5.69 Å². The van der Waals surface area contributed by atoms with Gasteiger partial charge in [0.15, 0.2) is 5.82 Å². The van der Waals surface area contributed by atoms with Crippen molar-refractivity contribution in [2.75, 3.05) is 6.54 Å². The van der Waals surface area contributed by atoms with E-state index in [1.807, 2.05) is 17.1 Å². The normalized spacial score (nSPS) is 18.6. The third kappa shape index (κ3) is 2.15. The van der Waals surface area contributed by atoms with Gasteiger partial charge in [0.25, 0.3) is 0 Å². The van der Waals surface area contributed by atoms with Crippen LogP contribution in [-0.2, 0) is 6.42 Å². The monoisotopic (exact) mass is 260 g/mol. The Morgan fingerprint density at radius 1 is 1.44 bits per heavy atom. The molecule has 94 valence electrons. The lowest BCUT2D eigenvalue weighted by atomic mass is 9.92. The quantitative estimate of drug-likeness (QED) is 0.921. The van der Waals surface area contributed by atoms with Crippen LogP contribution in [0.3, 0.4) is 0 Å². The molecule has 0 saturated carbocycles. The lowest BCUT2D eigenvalue weighted by Gasteiger charge is -2.25. The Kier molecular flexibility index (Phi) is 3.34.